The van der Waals surface area contributed by atoms with Gasteiger partial charge in [0.05, 0.1) is 12.7 Å². The molecule has 0 heterocycles. The Morgan fingerprint density at radius 1 is 1.33 bits per heavy atom. The predicted molar refractivity (Wildman–Crippen MR) is 53.0 cm³/mol. The Bertz CT molecular complexity index is 102. The number of hydrogen-bond donors (Lipinski definition) is 2. The molecule has 2 heteroatoms. The number of hydrogen-bond acceptors (Lipinski definition) is 2. The molecule has 0 bridgehead atoms. The molecule has 0 fully saturated rings. The van der Waals surface area contributed by atoms with Crippen LogP contribution in [0.15, 0.2) is 24.8 Å². The maximum absolute atomic E-state index is 8.55. The van der Waals surface area contributed by atoms with Gasteiger partial charge in [0, 0.05) is 0 Å². The van der Waals surface area contributed by atoms with Crippen LogP contribution < -0.4 is 0 Å². The van der Waals surface area contributed by atoms with Gasteiger partial charge >= 0.3 is 0 Å². The minimum atomic E-state index is -0.301. The van der Waals surface area contributed by atoms with E-state index in [0.29, 0.717) is 0 Å². The van der Waals surface area contributed by atoms with Crippen LogP contribution in [-0.4, -0.2) is 22.9 Å². The van der Waals surface area contributed by atoms with Crippen LogP contribution in [0.1, 0.15) is 26.7 Å². The van der Waals surface area contributed by atoms with E-state index in [2.05, 4.69) is 6.58 Å². The zero-order valence-corrected chi connectivity index (χ0v) is 8.03. The summed E-state index contributed by atoms with van der Waals surface area (Å²) in [6, 6.07) is 0. The summed E-state index contributed by atoms with van der Waals surface area (Å²) in [6.45, 7) is 7.50. The number of rotatable bonds is 4. The van der Waals surface area contributed by atoms with E-state index in [1.807, 2.05) is 19.9 Å². The molecule has 0 amide bonds. The van der Waals surface area contributed by atoms with Gasteiger partial charge in [-0.3, -0.25) is 0 Å². The molecule has 0 rings (SSSR count). The van der Waals surface area contributed by atoms with E-state index in [0.717, 1.165) is 12.8 Å². The molecule has 0 aromatic carbocycles. The molecule has 0 radical (unpaired) electrons. The molecule has 0 aromatic rings. The van der Waals surface area contributed by atoms with Crippen molar-refractivity contribution in [3.05, 3.63) is 24.8 Å². The topological polar surface area (TPSA) is 40.5 Å². The predicted octanol–water partition coefficient (Wildman–Crippen LogP) is 1.89. The summed E-state index contributed by atoms with van der Waals surface area (Å²) in [6.07, 6.45) is 6.68. The Balaban J connectivity index is 0. The van der Waals surface area contributed by atoms with Gasteiger partial charge in [0.2, 0.25) is 0 Å². The van der Waals surface area contributed by atoms with Crippen molar-refractivity contribution < 1.29 is 10.2 Å². The third kappa shape index (κ3) is 16.2. The molecule has 0 saturated heterocycles. The van der Waals surface area contributed by atoms with Crippen molar-refractivity contribution >= 4 is 0 Å². The maximum atomic E-state index is 8.55. The lowest BCUT2D eigenvalue weighted by molar-refractivity contribution is 0.219. The van der Waals surface area contributed by atoms with Crippen molar-refractivity contribution in [3.63, 3.8) is 0 Å². The van der Waals surface area contributed by atoms with Crippen molar-refractivity contribution in [1.29, 1.82) is 0 Å². The van der Waals surface area contributed by atoms with Crippen molar-refractivity contribution in [1.82, 2.24) is 0 Å². The first kappa shape index (κ1) is 14.0. The Morgan fingerprint density at radius 2 is 1.92 bits per heavy atom. The van der Waals surface area contributed by atoms with Crippen LogP contribution in [0.3, 0.4) is 0 Å². The Hall–Kier alpha value is -0.600. The first-order valence-electron chi connectivity index (χ1n) is 4.29. The highest BCUT2D eigenvalue weighted by atomic mass is 16.3. The molecule has 12 heavy (non-hydrogen) atoms. The second-order valence-corrected chi connectivity index (χ2v) is 2.27. The van der Waals surface area contributed by atoms with Gasteiger partial charge in [-0.1, -0.05) is 32.1 Å². The smallest absolute Gasteiger partial charge is 0.0715 e. The van der Waals surface area contributed by atoms with Crippen molar-refractivity contribution in [3.8, 4) is 0 Å². The molecule has 0 aliphatic rings. The lowest BCUT2D eigenvalue weighted by atomic mass is 10.3. The average molecular weight is 172 g/mol. The molecule has 1 atom stereocenters. The van der Waals surface area contributed by atoms with E-state index in [-0.39, 0.29) is 12.7 Å². The molecule has 0 aliphatic heterocycles. The lowest BCUT2D eigenvalue weighted by Gasteiger charge is -1.93. The SMILES string of the molecule is C=CC(O)CC.CCC=CCO. The molecule has 0 spiro atoms. The van der Waals surface area contributed by atoms with Crippen LogP contribution in [0, 0.1) is 0 Å². The second kappa shape index (κ2) is 13.0. The van der Waals surface area contributed by atoms with E-state index in [4.69, 9.17) is 10.2 Å². The minimum absolute atomic E-state index is 0.174. The van der Waals surface area contributed by atoms with E-state index in [9.17, 15) is 0 Å². The maximum Gasteiger partial charge on any atom is 0.0715 e. The van der Waals surface area contributed by atoms with Gasteiger partial charge in [0.1, 0.15) is 0 Å². The molecule has 2 nitrogen and oxygen atoms in total. The quantitative estimate of drug-likeness (QED) is 0.636. The van der Waals surface area contributed by atoms with E-state index in [1.165, 1.54) is 6.08 Å². The van der Waals surface area contributed by atoms with Crippen LogP contribution in [0.2, 0.25) is 0 Å². The summed E-state index contributed by atoms with van der Waals surface area (Å²) < 4.78 is 0. The molecular weight excluding hydrogens is 152 g/mol. The third-order valence-electron chi connectivity index (χ3n) is 1.20. The number of allylic oxidation sites excluding steroid dienone is 1. The van der Waals surface area contributed by atoms with Gasteiger partial charge in [-0.05, 0) is 12.8 Å². The standard InChI is InChI=1S/2C5H10O/c1-3-5(6)4-2;1-2-3-4-5-6/h3,5-6H,1,4H2,2H3;3-4,6H,2,5H2,1H3. The molecule has 2 N–H and O–H groups in total. The zero-order valence-electron chi connectivity index (χ0n) is 8.03. The van der Waals surface area contributed by atoms with Crippen molar-refractivity contribution in [2.45, 2.75) is 32.8 Å². The first-order chi connectivity index (χ1) is 5.72. The van der Waals surface area contributed by atoms with Crippen LogP contribution in [0.5, 0.6) is 0 Å². The molecule has 0 aliphatic carbocycles. The zero-order chi connectivity index (χ0) is 9.82. The van der Waals surface area contributed by atoms with Crippen molar-refractivity contribution in [2.75, 3.05) is 6.61 Å². The van der Waals surface area contributed by atoms with Crippen LogP contribution in [0.4, 0.5) is 0 Å². The molecule has 0 aromatic heterocycles. The van der Waals surface area contributed by atoms with Gasteiger partial charge in [-0.15, -0.1) is 6.58 Å². The highest BCUT2D eigenvalue weighted by molar-refractivity contribution is 4.78. The van der Waals surface area contributed by atoms with E-state index < -0.39 is 0 Å². The average Bonchev–Trinajstić information content (AvgIpc) is 2.14. The molecule has 1 unspecified atom stereocenters. The monoisotopic (exact) mass is 172 g/mol. The van der Waals surface area contributed by atoms with Gasteiger partial charge < -0.3 is 10.2 Å². The fourth-order valence-corrected chi connectivity index (χ4v) is 0.408. The Labute approximate surface area is 75.2 Å². The third-order valence-corrected chi connectivity index (χ3v) is 1.20. The van der Waals surface area contributed by atoms with Gasteiger partial charge in [-0.2, -0.15) is 0 Å². The number of aliphatic hydroxyl groups excluding tert-OH is 2. The normalized spacial score (nSPS) is 12.0. The summed E-state index contributed by atoms with van der Waals surface area (Å²) in [7, 11) is 0. The molecular formula is C10H20O2. The first-order valence-corrected chi connectivity index (χ1v) is 4.29. The number of aliphatic hydroxyl groups is 2. The summed E-state index contributed by atoms with van der Waals surface area (Å²) >= 11 is 0. The molecule has 72 valence electrons. The van der Waals surface area contributed by atoms with Crippen LogP contribution in [-0.2, 0) is 0 Å². The Morgan fingerprint density at radius 3 is 2.00 bits per heavy atom. The van der Waals surface area contributed by atoms with Crippen molar-refractivity contribution in [2.24, 2.45) is 0 Å². The minimum Gasteiger partial charge on any atom is -0.392 e. The van der Waals surface area contributed by atoms with Gasteiger partial charge in [0.15, 0.2) is 0 Å². The largest absolute Gasteiger partial charge is 0.392 e. The summed E-state index contributed by atoms with van der Waals surface area (Å²) in [5.41, 5.74) is 0. The van der Waals surface area contributed by atoms with E-state index in [1.54, 1.807) is 6.08 Å². The fraction of sp³-hybridized carbons (Fsp3) is 0.600. The summed E-state index contributed by atoms with van der Waals surface area (Å²) in [4.78, 5) is 0. The van der Waals surface area contributed by atoms with Gasteiger partial charge in [-0.25, -0.2) is 0 Å². The van der Waals surface area contributed by atoms with Crippen LogP contribution >= 0.6 is 0 Å². The summed E-state index contributed by atoms with van der Waals surface area (Å²) in [5.74, 6) is 0. The fourth-order valence-electron chi connectivity index (χ4n) is 0.408. The lowest BCUT2D eigenvalue weighted by Crippen LogP contribution is -1.95. The van der Waals surface area contributed by atoms with Crippen LogP contribution in [0.25, 0.3) is 0 Å². The highest BCUT2D eigenvalue weighted by Gasteiger charge is 1.86. The highest BCUT2D eigenvalue weighted by Crippen LogP contribution is 1.86. The van der Waals surface area contributed by atoms with E-state index >= 15 is 0 Å². The summed E-state index contributed by atoms with van der Waals surface area (Å²) in [5, 5.41) is 16.7. The second-order valence-electron chi connectivity index (χ2n) is 2.27. The Kier molecular flexibility index (Phi) is 15.1. The molecule has 0 saturated carbocycles. The van der Waals surface area contributed by atoms with Gasteiger partial charge in [0.25, 0.3) is 0 Å².